The van der Waals surface area contributed by atoms with Gasteiger partial charge in [0, 0.05) is 213 Å². The Balaban J connectivity index is 0.000000126. The van der Waals surface area contributed by atoms with E-state index in [-0.39, 0.29) is 56.1 Å². The minimum absolute atomic E-state index is 0.00614. The molecule has 0 aromatic carbocycles. The van der Waals surface area contributed by atoms with Crippen LogP contribution in [0.2, 0.25) is 0 Å². The van der Waals surface area contributed by atoms with E-state index in [2.05, 4.69) is 72.5 Å². The van der Waals surface area contributed by atoms with Crippen LogP contribution >= 0.6 is 69.3 Å². The summed E-state index contributed by atoms with van der Waals surface area (Å²) in [5, 5.41) is 0.102. The fourth-order valence-electron chi connectivity index (χ4n) is 14.7. The molecule has 6 N–H and O–H groups in total. The van der Waals surface area contributed by atoms with Gasteiger partial charge in [0.2, 0.25) is 34.7 Å². The zero-order chi connectivity index (χ0) is 76.1. The van der Waals surface area contributed by atoms with E-state index in [1.807, 2.05) is 20.8 Å². The number of hydrogen-bond donors (Lipinski definition) is 3. The smallest absolute Gasteiger partial charge is 0.236 e. The van der Waals surface area contributed by atoms with Crippen molar-refractivity contribution in [2.75, 3.05) is 201 Å². The summed E-state index contributed by atoms with van der Waals surface area (Å²) in [5.41, 5.74) is 22.1. The minimum atomic E-state index is -0.443. The molecule has 9 aliphatic rings. The fraction of sp³-hybridized carbons (Fsp3) is 0.493. The minimum Gasteiger partial charge on any atom is -0.384 e. The van der Waals surface area contributed by atoms with Crippen LogP contribution in [0, 0.1) is 11.8 Å². The van der Waals surface area contributed by atoms with Crippen molar-refractivity contribution in [2.24, 2.45) is 11.8 Å². The Bertz CT molecular complexity index is 4660. The summed E-state index contributed by atoms with van der Waals surface area (Å²) < 4.78 is 19.9. The van der Waals surface area contributed by atoms with E-state index in [0.29, 0.717) is 134 Å². The Morgan fingerprint density at radius 3 is 1.22 bits per heavy atom. The first kappa shape index (κ1) is 76.4. The fourth-order valence-corrected chi connectivity index (χ4v) is 21.2. The summed E-state index contributed by atoms with van der Waals surface area (Å²) in [6.07, 6.45) is 10.6. The van der Waals surface area contributed by atoms with E-state index in [1.165, 1.54) is 49.9 Å². The number of nitrogen functional groups attached to an aromatic ring is 3. The van der Waals surface area contributed by atoms with Crippen LogP contribution in [0.15, 0.2) is 61.3 Å². The van der Waals surface area contributed by atoms with Crippen molar-refractivity contribution in [1.82, 2.24) is 84.2 Å². The highest BCUT2D eigenvalue weighted by Crippen LogP contribution is 2.40. The molecule has 0 aliphatic carbocycles. The van der Waals surface area contributed by atoms with Crippen LogP contribution < -0.4 is 31.9 Å². The van der Waals surface area contributed by atoms with Crippen LogP contribution in [0.5, 0.6) is 0 Å². The van der Waals surface area contributed by atoms with E-state index < -0.39 is 5.92 Å². The van der Waals surface area contributed by atoms with Gasteiger partial charge in [-0.3, -0.25) is 43.5 Å². The number of hydrogen-bond acceptors (Lipinski definition) is 35. The van der Waals surface area contributed by atoms with Crippen molar-refractivity contribution < 1.29 is 43.0 Å². The molecule has 3 unspecified atom stereocenters. The summed E-state index contributed by atoms with van der Waals surface area (Å²) >= 11 is 8.96. The molecular formula is C73H85N23O9S6. The number of aromatic nitrogens is 11. The largest absolute Gasteiger partial charge is 0.384 e. The number of ether oxygens (including phenoxy) is 3. The van der Waals surface area contributed by atoms with Crippen LogP contribution in [-0.4, -0.2) is 291 Å². The number of nitrogens with two attached hydrogens (primary N) is 3. The first-order chi connectivity index (χ1) is 54.1. The molecule has 0 radical (unpaired) electrons. The number of rotatable bonds is 15. The van der Waals surface area contributed by atoms with Crippen molar-refractivity contribution in [3.05, 3.63) is 75.9 Å². The molecule has 38 heteroatoms. The normalized spacial score (nSPS) is 21.2. The SMILES string of the molecule is Nc1ccc(-c2nc(N3CCOCC3)c3sc(CN4CCN(C(=O)C5CCSC5=O)CC4)cc3n2)cn1.Nc1ncc(-c2nc(N3CCOCC3)c3sc(CN4CCN(C(=O)C5CCC(=O)S5)CC4)cc3n2)cn1.Nc1ncc(-c2nc(N3CCOCC3)c3sc(CN4CCN(C(=O)C5CSC(=O)C5)CC4)cc3n2)cn1. The molecule has 18 rings (SSSR count). The molecule has 9 aromatic heterocycles. The van der Waals surface area contributed by atoms with Gasteiger partial charge in [-0.25, -0.2) is 54.8 Å². The summed E-state index contributed by atoms with van der Waals surface area (Å²) in [6, 6.07) is 10.1. The van der Waals surface area contributed by atoms with E-state index >= 15 is 0 Å². The summed E-state index contributed by atoms with van der Waals surface area (Å²) in [6.45, 7) is 20.0. The van der Waals surface area contributed by atoms with Gasteiger partial charge in [-0.2, -0.15) is 0 Å². The number of amides is 3. The molecule has 3 atom stereocenters. The van der Waals surface area contributed by atoms with E-state index in [1.54, 1.807) is 71.1 Å². The highest BCUT2D eigenvalue weighted by molar-refractivity contribution is 8.15. The third-order valence-electron chi connectivity index (χ3n) is 20.8. The zero-order valence-electron chi connectivity index (χ0n) is 61.1. The predicted octanol–water partition coefficient (Wildman–Crippen LogP) is 5.22. The number of fused-ring (bicyclic) bond motifs is 3. The molecular weight excluding hydrogens is 1540 g/mol. The van der Waals surface area contributed by atoms with E-state index in [9.17, 15) is 28.8 Å². The first-order valence-electron chi connectivity index (χ1n) is 37.4. The van der Waals surface area contributed by atoms with Crippen molar-refractivity contribution in [2.45, 2.75) is 50.6 Å². The average Bonchev–Trinajstić information content (AvgIpc) is 1.65. The summed E-state index contributed by atoms with van der Waals surface area (Å²) in [7, 11) is 0. The predicted molar refractivity (Wildman–Crippen MR) is 432 cm³/mol. The lowest BCUT2D eigenvalue weighted by Gasteiger charge is -2.35. The first-order valence-corrected chi connectivity index (χ1v) is 42.7. The maximum Gasteiger partial charge on any atom is 0.236 e. The number of carbonyl (C=O) groups excluding carboxylic acids is 6. The highest BCUT2D eigenvalue weighted by atomic mass is 32.2. The van der Waals surface area contributed by atoms with E-state index in [0.717, 1.165) is 169 Å². The lowest BCUT2D eigenvalue weighted by atomic mass is 10.1. The van der Waals surface area contributed by atoms with Crippen molar-refractivity contribution in [3.8, 4) is 34.2 Å². The molecule has 0 saturated carbocycles. The number of morpholine rings is 3. The molecule has 0 spiro atoms. The van der Waals surface area contributed by atoms with Gasteiger partial charge in [0.25, 0.3) is 0 Å². The lowest BCUT2D eigenvalue weighted by Crippen LogP contribution is -2.50. The van der Waals surface area contributed by atoms with E-state index in [4.69, 9.17) is 61.3 Å². The average molecular weight is 1620 g/mol. The molecule has 32 nitrogen and oxygen atoms in total. The van der Waals surface area contributed by atoms with Crippen LogP contribution in [0.25, 0.3) is 64.8 Å². The number of anilines is 6. The molecule has 9 aliphatic heterocycles. The lowest BCUT2D eigenvalue weighted by molar-refractivity contribution is -0.140. The molecule has 111 heavy (non-hydrogen) atoms. The second kappa shape index (κ2) is 34.8. The van der Waals surface area contributed by atoms with Crippen LogP contribution in [-0.2, 0) is 62.6 Å². The third-order valence-corrected chi connectivity index (χ3v) is 27.4. The monoisotopic (exact) mass is 1620 g/mol. The van der Waals surface area contributed by atoms with Crippen molar-refractivity contribution in [3.63, 3.8) is 0 Å². The van der Waals surface area contributed by atoms with Gasteiger partial charge in [-0.05, 0) is 43.2 Å². The maximum absolute atomic E-state index is 12.8. The van der Waals surface area contributed by atoms with Gasteiger partial charge in [0.1, 0.15) is 11.7 Å². The Kier molecular flexibility index (Phi) is 24.0. The van der Waals surface area contributed by atoms with Gasteiger partial charge in [0.05, 0.1) is 92.6 Å². The molecule has 18 heterocycles. The number of thioether (sulfide) groups is 3. The number of thiophene rings is 3. The van der Waals surface area contributed by atoms with Gasteiger partial charge < -0.3 is 60.8 Å². The van der Waals surface area contributed by atoms with Crippen molar-refractivity contribution >= 4 is 168 Å². The Morgan fingerprint density at radius 1 is 0.441 bits per heavy atom. The number of carbonyl (C=O) groups is 6. The topological polar surface area (TPSA) is 379 Å². The van der Waals surface area contributed by atoms with Crippen LogP contribution in [0.4, 0.5) is 35.2 Å². The second-order valence-electron chi connectivity index (χ2n) is 28.2. The quantitative estimate of drug-likeness (QED) is 0.111. The number of nitrogens with zero attached hydrogens (tertiary/aromatic N) is 20. The Hall–Kier alpha value is -8.54. The standard InChI is InChI=1S/C25H29N7O3S2.2C24H28N8O3S2/c26-20-2-1-16(14-27-20)22-28-19-13-17(37-21(19)23(29-22)31-8-10-35-11-9-31)15-30-4-6-32(7-5-30)24(33)18-3-12-36-25(18)34;25-24-26-11-16(12-27-24)21-28-18-10-17(37-20(18)22(29-21)31-5-7-35-8-6-31)13-30-1-3-32(4-2-30)23(34)15-9-19(33)36-14-15;25-24-26-12-15(13-27-24)21-28-17-11-16(36-20(17)22(29-21)31-7-9-35-10-8-31)14-30-3-5-32(6-4-30)23(34)18-1-2-19(33)37-18/h1-2,13-14,18H,3-12,15H2,(H2,26,27);10-12,15H,1-9,13-14H2,(H2,25,26,27);11-13,18H,1-10,14H2,(H2,25,26,27). The van der Waals surface area contributed by atoms with Crippen molar-refractivity contribution in [1.29, 1.82) is 0 Å². The molecule has 9 fully saturated rings. The van der Waals surface area contributed by atoms with Gasteiger partial charge in [-0.1, -0.05) is 35.3 Å². The number of piperazine rings is 3. The van der Waals surface area contributed by atoms with Crippen LogP contribution in [0.3, 0.4) is 0 Å². The zero-order valence-corrected chi connectivity index (χ0v) is 66.0. The van der Waals surface area contributed by atoms with Crippen LogP contribution in [0.1, 0.15) is 40.3 Å². The Labute approximate surface area is 664 Å². The number of pyridine rings is 1. The Morgan fingerprint density at radius 2 is 0.847 bits per heavy atom. The highest BCUT2D eigenvalue weighted by Gasteiger charge is 2.38. The van der Waals surface area contributed by atoms with Gasteiger partial charge in [0.15, 0.2) is 45.2 Å². The summed E-state index contributed by atoms with van der Waals surface area (Å²) in [4.78, 5) is 147. The second-order valence-corrected chi connectivity index (χ2v) is 35.1. The molecule has 0 bridgehead atoms. The molecule has 9 aromatic rings. The maximum atomic E-state index is 12.8. The molecule has 9 saturated heterocycles. The molecule has 582 valence electrons. The molecule has 3 amide bonds. The third kappa shape index (κ3) is 18.1. The van der Waals surface area contributed by atoms with Gasteiger partial charge in [-0.15, -0.1) is 34.0 Å². The van der Waals surface area contributed by atoms with Gasteiger partial charge >= 0.3 is 0 Å². The summed E-state index contributed by atoms with van der Waals surface area (Å²) in [5.74, 6) is 6.49.